The highest BCUT2D eigenvalue weighted by Gasteiger charge is 2.37. The third kappa shape index (κ3) is 8.93. The molecule has 0 aliphatic carbocycles. The Hall–Kier alpha value is -7.36. The second-order valence-corrected chi connectivity index (χ2v) is 15.6. The van der Waals surface area contributed by atoms with Gasteiger partial charge in [0.15, 0.2) is 11.5 Å². The number of aliphatic hydroxyl groups is 2. The van der Waals surface area contributed by atoms with Crippen molar-refractivity contribution in [3.63, 3.8) is 0 Å². The molecule has 3 N–H and O–H groups in total. The number of aliphatic hydroxyl groups excluding tert-OH is 2. The molecule has 2 aliphatic rings. The molecule has 13 nitrogen and oxygen atoms in total. The average molecular weight is 885 g/mol. The van der Waals surface area contributed by atoms with Crippen molar-refractivity contribution in [2.75, 3.05) is 47.6 Å². The number of hydrogen-bond acceptors (Lipinski definition) is 11. The summed E-state index contributed by atoms with van der Waals surface area (Å²) >= 11 is 0. The van der Waals surface area contributed by atoms with Crippen molar-refractivity contribution in [3.05, 3.63) is 159 Å². The molecule has 2 aliphatic heterocycles. The van der Waals surface area contributed by atoms with Crippen LogP contribution in [0.1, 0.15) is 59.7 Å². The summed E-state index contributed by atoms with van der Waals surface area (Å²) in [4.78, 5) is 38.1. The van der Waals surface area contributed by atoms with Gasteiger partial charge in [0, 0.05) is 47.4 Å². The number of rotatable bonds is 14. The summed E-state index contributed by atoms with van der Waals surface area (Å²) in [5.41, 5.74) is 7.25. The first-order chi connectivity index (χ1) is 31.5. The Morgan fingerprint density at radius 3 is 1.54 bits per heavy atom. The van der Waals surface area contributed by atoms with Crippen LogP contribution in [0.4, 0.5) is 8.78 Å². The van der Waals surface area contributed by atoms with E-state index >= 15 is 0 Å². The average Bonchev–Trinajstić information content (AvgIpc) is 3.82. The summed E-state index contributed by atoms with van der Waals surface area (Å²) in [6, 6.07) is 23.9. The van der Waals surface area contributed by atoms with Crippen molar-refractivity contribution in [2.45, 2.75) is 32.5 Å². The summed E-state index contributed by atoms with van der Waals surface area (Å²) in [5.74, 6) is 0.849. The fraction of sp³-hybridized carbons (Fsp3) is 0.240. The first-order valence-electron chi connectivity index (χ1n) is 20.8. The molecule has 0 saturated heterocycles. The van der Waals surface area contributed by atoms with Crippen LogP contribution >= 0.6 is 0 Å². The molecule has 15 heteroatoms. The Morgan fingerprint density at radius 2 is 1.05 bits per heavy atom. The standard InChI is InChI=1S/C29H27FN2O5.C21H19FN2O4/c1-35-22-9-5-19(6-10-22)17-37-28-25-24(16-32(11-12-33)29(25)34)27(36-2)23-14-20(15-31-26(23)28)13-18-3-7-21(30)8-4-18;1-28-20-15-9-13(8-12-2-4-14(22)5-3-12)10-23-18(15)19(26)17-16(20)11-24(6-7-25)21(17)27/h3-10,14-15,33H,11-13,16-17H2,1-2H3;2-5,9-10,25-26H,6-8,11H2,1H3. The lowest BCUT2D eigenvalue weighted by Crippen LogP contribution is -2.27. The Kier molecular flexibility index (Phi) is 13.1. The molecular weight excluding hydrogens is 839 g/mol. The van der Waals surface area contributed by atoms with E-state index in [1.165, 1.54) is 36.3 Å². The smallest absolute Gasteiger partial charge is 0.258 e. The number of hydrogen-bond donors (Lipinski definition) is 3. The number of carbonyl (C=O) groups excluding carboxylic acids is 2. The maximum Gasteiger partial charge on any atom is 0.258 e. The molecule has 0 spiro atoms. The lowest BCUT2D eigenvalue weighted by atomic mass is 9.99. The van der Waals surface area contributed by atoms with Crippen LogP contribution in [0.3, 0.4) is 0 Å². The normalized spacial score (nSPS) is 12.9. The van der Waals surface area contributed by atoms with Gasteiger partial charge in [0.1, 0.15) is 46.5 Å². The summed E-state index contributed by atoms with van der Waals surface area (Å²) in [6.07, 6.45) is 4.46. The van der Waals surface area contributed by atoms with Crippen LogP contribution in [0.25, 0.3) is 21.8 Å². The number of phenols is 1. The van der Waals surface area contributed by atoms with Gasteiger partial charge < -0.3 is 44.1 Å². The highest BCUT2D eigenvalue weighted by molar-refractivity contribution is 6.10. The summed E-state index contributed by atoms with van der Waals surface area (Å²) in [5, 5.41) is 30.7. The number of phenolic OH excluding ortho intramolecular Hbond substituents is 1. The number of amides is 2. The van der Waals surface area contributed by atoms with Crippen LogP contribution in [-0.2, 0) is 32.5 Å². The number of halogens is 2. The van der Waals surface area contributed by atoms with E-state index in [0.717, 1.165) is 39.0 Å². The van der Waals surface area contributed by atoms with Gasteiger partial charge in [0.2, 0.25) is 0 Å². The van der Waals surface area contributed by atoms with Crippen LogP contribution in [0.5, 0.6) is 28.7 Å². The SMILES string of the molecule is COc1c2c(c(O)c3ncc(Cc4ccc(F)cc4)cc13)C(=O)N(CCO)C2.COc1ccc(COc2c3c(c(OC)c4cc(Cc5ccc(F)cc5)cnc24)CN(CCO)C3=O)cc1. The van der Waals surface area contributed by atoms with Gasteiger partial charge in [-0.3, -0.25) is 19.6 Å². The van der Waals surface area contributed by atoms with Gasteiger partial charge in [-0.2, -0.15) is 0 Å². The molecule has 2 aromatic heterocycles. The van der Waals surface area contributed by atoms with Crippen LogP contribution in [0.15, 0.2) is 97.3 Å². The van der Waals surface area contributed by atoms with Gasteiger partial charge in [-0.05, 0) is 89.2 Å². The Labute approximate surface area is 373 Å². The predicted molar refractivity (Wildman–Crippen MR) is 238 cm³/mol. The zero-order valence-electron chi connectivity index (χ0n) is 35.9. The second-order valence-electron chi connectivity index (χ2n) is 15.6. The van der Waals surface area contributed by atoms with E-state index in [4.69, 9.17) is 23.9 Å². The molecule has 2 amide bonds. The summed E-state index contributed by atoms with van der Waals surface area (Å²) in [6.45, 7) is 0.846. The molecule has 0 bridgehead atoms. The van der Waals surface area contributed by atoms with E-state index < -0.39 is 0 Å². The number of pyridine rings is 2. The minimum atomic E-state index is -0.348. The van der Waals surface area contributed by atoms with Gasteiger partial charge in [-0.25, -0.2) is 8.78 Å². The van der Waals surface area contributed by atoms with Crippen LogP contribution < -0.4 is 18.9 Å². The van der Waals surface area contributed by atoms with Gasteiger partial charge >= 0.3 is 0 Å². The Morgan fingerprint density at radius 1 is 0.585 bits per heavy atom. The molecule has 0 atom stereocenters. The number of ether oxygens (including phenoxy) is 4. The first-order valence-corrected chi connectivity index (χ1v) is 20.8. The van der Waals surface area contributed by atoms with E-state index in [-0.39, 0.29) is 79.7 Å². The van der Waals surface area contributed by atoms with Gasteiger partial charge in [-0.15, -0.1) is 0 Å². The second kappa shape index (κ2) is 19.2. The highest BCUT2D eigenvalue weighted by Crippen LogP contribution is 2.46. The molecule has 0 saturated carbocycles. The monoisotopic (exact) mass is 884 g/mol. The molecule has 7 aromatic rings. The van der Waals surface area contributed by atoms with Crippen LogP contribution in [0, 0.1) is 11.6 Å². The highest BCUT2D eigenvalue weighted by atomic mass is 19.1. The van der Waals surface area contributed by atoms with E-state index in [1.807, 2.05) is 36.4 Å². The van der Waals surface area contributed by atoms with Crippen LogP contribution in [0.2, 0.25) is 0 Å². The molecule has 334 valence electrons. The minimum Gasteiger partial charge on any atom is -0.505 e. The molecule has 5 aromatic carbocycles. The predicted octanol–water partition coefficient (Wildman–Crippen LogP) is 7.14. The minimum absolute atomic E-state index is 0.149. The number of methoxy groups -OCH3 is 3. The van der Waals surface area contributed by atoms with Gasteiger partial charge in [0.05, 0.1) is 58.8 Å². The summed E-state index contributed by atoms with van der Waals surface area (Å²) in [7, 11) is 4.69. The zero-order chi connectivity index (χ0) is 45.8. The third-order valence-electron chi connectivity index (χ3n) is 11.5. The number of aromatic nitrogens is 2. The number of nitrogens with zero attached hydrogens (tertiary/aromatic N) is 4. The van der Waals surface area contributed by atoms with E-state index in [2.05, 4.69) is 4.98 Å². The number of fused-ring (bicyclic) bond motifs is 4. The Balaban J connectivity index is 0.000000184. The van der Waals surface area contributed by atoms with Crippen molar-refractivity contribution >= 4 is 33.6 Å². The molecular formula is C50H46F2N4O9. The fourth-order valence-electron chi connectivity index (χ4n) is 8.36. The maximum atomic E-state index is 13.4. The molecule has 0 radical (unpaired) electrons. The van der Waals surface area contributed by atoms with Crippen molar-refractivity contribution in [1.29, 1.82) is 0 Å². The fourth-order valence-corrected chi connectivity index (χ4v) is 8.36. The number of β-amino-alcohol motifs (C(OH)–C–C–N with tert-alkyl or cyclic N) is 2. The van der Waals surface area contributed by atoms with Crippen molar-refractivity contribution in [2.24, 2.45) is 0 Å². The zero-order valence-corrected chi connectivity index (χ0v) is 35.9. The van der Waals surface area contributed by atoms with E-state index in [0.29, 0.717) is 64.2 Å². The number of aromatic hydroxyl groups is 1. The Bertz CT molecular complexity index is 2900. The molecule has 0 unspecified atom stereocenters. The van der Waals surface area contributed by atoms with E-state index in [9.17, 15) is 33.7 Å². The van der Waals surface area contributed by atoms with Gasteiger partial charge in [-0.1, -0.05) is 36.4 Å². The molecule has 65 heavy (non-hydrogen) atoms. The summed E-state index contributed by atoms with van der Waals surface area (Å²) < 4.78 is 49.4. The number of carbonyl (C=O) groups is 2. The molecule has 9 rings (SSSR count). The molecule has 4 heterocycles. The van der Waals surface area contributed by atoms with Crippen molar-refractivity contribution in [1.82, 2.24) is 19.8 Å². The largest absolute Gasteiger partial charge is 0.505 e. The molecule has 0 fully saturated rings. The van der Waals surface area contributed by atoms with Crippen molar-refractivity contribution < 1.29 is 52.6 Å². The third-order valence-corrected chi connectivity index (χ3v) is 11.5. The topological polar surface area (TPSA) is 164 Å². The van der Waals surface area contributed by atoms with Crippen molar-refractivity contribution in [3.8, 4) is 28.7 Å². The number of benzene rings is 5. The van der Waals surface area contributed by atoms with E-state index in [1.54, 1.807) is 55.8 Å². The lowest BCUT2D eigenvalue weighted by Gasteiger charge is -2.17. The quantitative estimate of drug-likeness (QED) is 0.102. The first kappa shape index (κ1) is 44.3. The van der Waals surface area contributed by atoms with Crippen LogP contribution in [-0.4, -0.2) is 94.5 Å². The maximum absolute atomic E-state index is 13.4. The lowest BCUT2D eigenvalue weighted by molar-refractivity contribution is 0.0736. The van der Waals surface area contributed by atoms with Gasteiger partial charge in [0.25, 0.3) is 11.8 Å².